The molecule has 0 aromatic rings. The summed E-state index contributed by atoms with van der Waals surface area (Å²) in [6, 6.07) is -1.96. The van der Waals surface area contributed by atoms with Gasteiger partial charge < -0.3 is 21.7 Å². The molecule has 0 fully saturated rings. The number of hydrogen-bond acceptors (Lipinski definition) is 6. The largest absolute Gasteiger partial charge is 0.480 e. The van der Waals surface area contributed by atoms with Crippen LogP contribution in [0.25, 0.3) is 0 Å². The Bertz CT molecular complexity index is 273. The highest BCUT2D eigenvalue weighted by Crippen LogP contribution is 2.37. The Morgan fingerprint density at radius 3 is 2.12 bits per heavy atom. The number of aliphatic carboxylic acids is 2. The predicted molar refractivity (Wildman–Crippen MR) is 65.4 cm³/mol. The summed E-state index contributed by atoms with van der Waals surface area (Å²) >= 11 is 0. The number of carbonyl (C=O) groups is 2. The van der Waals surface area contributed by atoms with E-state index >= 15 is 0 Å². The fraction of sp³-hybridized carbons (Fsp3) is 0.750. The van der Waals surface area contributed by atoms with Crippen molar-refractivity contribution >= 4 is 33.5 Å². The molecule has 6 nitrogen and oxygen atoms in total. The smallest absolute Gasteiger partial charge is 0.321 e. The monoisotopic (exact) mass is 268 g/mol. The second-order valence-electron chi connectivity index (χ2n) is 3.73. The van der Waals surface area contributed by atoms with Crippen molar-refractivity contribution in [1.29, 1.82) is 0 Å². The topological polar surface area (TPSA) is 127 Å². The molecule has 0 saturated heterocycles. The molecular formula is C8H16N2O4S2. The zero-order valence-electron chi connectivity index (χ0n) is 9.04. The van der Waals surface area contributed by atoms with E-state index < -0.39 is 28.8 Å². The molecule has 8 heteroatoms. The van der Waals surface area contributed by atoms with E-state index in [0.717, 1.165) is 0 Å². The number of carboxylic acids is 2. The first-order valence-corrected chi connectivity index (χ1v) is 6.77. The number of carboxylic acid groups (broad SMARTS) is 2. The lowest BCUT2D eigenvalue weighted by atomic mass is 10.1. The summed E-state index contributed by atoms with van der Waals surface area (Å²) in [5.41, 5.74) is 10.8. The molecular weight excluding hydrogens is 252 g/mol. The van der Waals surface area contributed by atoms with Gasteiger partial charge >= 0.3 is 11.9 Å². The minimum Gasteiger partial charge on any atom is -0.480 e. The molecule has 0 aromatic heterocycles. The van der Waals surface area contributed by atoms with Crippen LogP contribution in [0.1, 0.15) is 13.8 Å². The SMILES string of the molecule is CC(C)(SSC[C@@H](N)C(=O)O)[C@H](N)C(=O)O. The van der Waals surface area contributed by atoms with Gasteiger partial charge in [-0.15, -0.1) is 0 Å². The summed E-state index contributed by atoms with van der Waals surface area (Å²) < 4.78 is -0.686. The highest BCUT2D eigenvalue weighted by atomic mass is 33.1. The molecule has 16 heavy (non-hydrogen) atoms. The van der Waals surface area contributed by atoms with Gasteiger partial charge in [0.2, 0.25) is 0 Å². The van der Waals surface area contributed by atoms with Crippen LogP contribution in [0, 0.1) is 0 Å². The van der Waals surface area contributed by atoms with Crippen molar-refractivity contribution in [2.24, 2.45) is 11.5 Å². The molecule has 0 aliphatic carbocycles. The summed E-state index contributed by atoms with van der Waals surface area (Å²) in [4.78, 5) is 21.1. The van der Waals surface area contributed by atoms with Crippen LogP contribution in [-0.4, -0.2) is 44.7 Å². The first-order valence-electron chi connectivity index (χ1n) is 4.46. The van der Waals surface area contributed by atoms with E-state index in [0.29, 0.717) is 0 Å². The van der Waals surface area contributed by atoms with Crippen LogP contribution in [0.4, 0.5) is 0 Å². The molecule has 0 spiro atoms. The van der Waals surface area contributed by atoms with Crippen LogP contribution in [-0.2, 0) is 9.59 Å². The van der Waals surface area contributed by atoms with Gasteiger partial charge in [-0.1, -0.05) is 21.6 Å². The molecule has 2 atom stereocenters. The molecule has 0 aliphatic heterocycles. The van der Waals surface area contributed by atoms with Crippen molar-refractivity contribution in [3.8, 4) is 0 Å². The summed E-state index contributed by atoms with van der Waals surface area (Å²) in [5.74, 6) is -1.95. The van der Waals surface area contributed by atoms with E-state index in [9.17, 15) is 9.59 Å². The Morgan fingerprint density at radius 2 is 1.75 bits per heavy atom. The average Bonchev–Trinajstić information content (AvgIpc) is 2.15. The zero-order valence-corrected chi connectivity index (χ0v) is 10.7. The second-order valence-corrected chi connectivity index (χ2v) is 6.73. The maximum Gasteiger partial charge on any atom is 0.321 e. The minimum atomic E-state index is -1.08. The average molecular weight is 268 g/mol. The second kappa shape index (κ2) is 6.33. The predicted octanol–water partition coefficient (Wildman–Crippen LogP) is -0.0298. The molecule has 0 saturated carbocycles. The van der Waals surface area contributed by atoms with Crippen LogP contribution >= 0.6 is 21.6 Å². The minimum absolute atomic E-state index is 0.204. The van der Waals surface area contributed by atoms with Crippen LogP contribution in [0.3, 0.4) is 0 Å². The van der Waals surface area contributed by atoms with Gasteiger partial charge in [0.05, 0.1) is 0 Å². The fourth-order valence-corrected chi connectivity index (χ4v) is 3.41. The van der Waals surface area contributed by atoms with Crippen molar-refractivity contribution in [2.75, 3.05) is 5.75 Å². The van der Waals surface area contributed by atoms with Gasteiger partial charge in [-0.25, -0.2) is 0 Å². The molecule has 94 valence electrons. The lowest BCUT2D eigenvalue weighted by molar-refractivity contribution is -0.139. The third kappa shape index (κ3) is 5.06. The van der Waals surface area contributed by atoms with Gasteiger partial charge in [-0.2, -0.15) is 0 Å². The molecule has 0 amide bonds. The molecule has 0 radical (unpaired) electrons. The maximum absolute atomic E-state index is 10.7. The van der Waals surface area contributed by atoms with Crippen molar-refractivity contribution in [1.82, 2.24) is 0 Å². The number of rotatable bonds is 7. The molecule has 0 aliphatic rings. The maximum atomic E-state index is 10.7. The quantitative estimate of drug-likeness (QED) is 0.474. The Kier molecular flexibility index (Phi) is 6.16. The zero-order chi connectivity index (χ0) is 12.9. The summed E-state index contributed by atoms with van der Waals surface area (Å²) in [7, 11) is 2.44. The molecule has 0 aromatic carbocycles. The molecule has 0 unspecified atom stereocenters. The first kappa shape index (κ1) is 15.6. The van der Waals surface area contributed by atoms with Gasteiger partial charge in [-0.05, 0) is 13.8 Å². The lowest BCUT2D eigenvalue weighted by Crippen LogP contribution is -2.46. The van der Waals surface area contributed by atoms with Gasteiger partial charge in [0.1, 0.15) is 12.1 Å². The third-order valence-corrected chi connectivity index (χ3v) is 5.20. The normalized spacial score (nSPS) is 15.5. The summed E-state index contributed by atoms with van der Waals surface area (Å²) in [6.45, 7) is 3.38. The van der Waals surface area contributed by atoms with Crippen molar-refractivity contribution in [3.63, 3.8) is 0 Å². The molecule has 6 N–H and O–H groups in total. The van der Waals surface area contributed by atoms with Crippen LogP contribution in [0.2, 0.25) is 0 Å². The van der Waals surface area contributed by atoms with Crippen LogP contribution in [0.15, 0.2) is 0 Å². The molecule has 0 bridgehead atoms. The molecule has 0 rings (SSSR count). The van der Waals surface area contributed by atoms with E-state index in [1.165, 1.54) is 21.6 Å². The standard InChI is InChI=1S/C8H16N2O4S2/c1-8(2,5(10)7(13)14)16-15-3-4(9)6(11)12/h4-5H,3,9-10H2,1-2H3,(H,11,12)(H,13,14)/t4-,5-/m1/s1. The van der Waals surface area contributed by atoms with E-state index in [1.54, 1.807) is 13.8 Å². The van der Waals surface area contributed by atoms with Crippen LogP contribution in [0.5, 0.6) is 0 Å². The van der Waals surface area contributed by atoms with E-state index in [1.807, 2.05) is 0 Å². The van der Waals surface area contributed by atoms with Crippen molar-refractivity contribution in [3.05, 3.63) is 0 Å². The highest BCUT2D eigenvalue weighted by Gasteiger charge is 2.33. The number of hydrogen-bond donors (Lipinski definition) is 4. The highest BCUT2D eigenvalue weighted by molar-refractivity contribution is 8.77. The van der Waals surface area contributed by atoms with Gasteiger partial charge in [-0.3, -0.25) is 9.59 Å². The van der Waals surface area contributed by atoms with Crippen molar-refractivity contribution < 1.29 is 19.8 Å². The van der Waals surface area contributed by atoms with Gasteiger partial charge in [0.25, 0.3) is 0 Å². The fourth-order valence-electron chi connectivity index (χ4n) is 0.680. The summed E-state index contributed by atoms with van der Waals surface area (Å²) in [5, 5.41) is 17.3. The Balaban J connectivity index is 4.09. The Morgan fingerprint density at radius 1 is 1.25 bits per heavy atom. The Hall–Kier alpha value is -0.440. The first-order chi connectivity index (χ1) is 7.18. The lowest BCUT2D eigenvalue weighted by Gasteiger charge is -2.27. The van der Waals surface area contributed by atoms with E-state index in [4.69, 9.17) is 21.7 Å². The number of nitrogens with two attached hydrogens (primary N) is 2. The Labute approximate surface area is 102 Å². The summed E-state index contributed by atoms with van der Waals surface area (Å²) in [6.07, 6.45) is 0. The van der Waals surface area contributed by atoms with Crippen molar-refractivity contribution in [2.45, 2.75) is 30.7 Å². The van der Waals surface area contributed by atoms with Gasteiger partial charge in [0.15, 0.2) is 0 Å². The van der Waals surface area contributed by atoms with Crippen LogP contribution < -0.4 is 11.5 Å². The molecule has 0 heterocycles. The van der Waals surface area contributed by atoms with E-state index in [-0.39, 0.29) is 5.75 Å². The third-order valence-electron chi connectivity index (χ3n) is 1.85. The van der Waals surface area contributed by atoms with Gasteiger partial charge in [0, 0.05) is 10.5 Å². The van der Waals surface area contributed by atoms with E-state index in [2.05, 4.69) is 0 Å².